The van der Waals surface area contributed by atoms with Gasteiger partial charge in [-0.2, -0.15) is 0 Å². The lowest BCUT2D eigenvalue weighted by Crippen LogP contribution is -2.57. The van der Waals surface area contributed by atoms with Gasteiger partial charge in [-0.3, -0.25) is 4.79 Å². The van der Waals surface area contributed by atoms with Gasteiger partial charge in [0.2, 0.25) is 5.91 Å². The van der Waals surface area contributed by atoms with Crippen molar-refractivity contribution >= 4 is 5.91 Å². The molecule has 13 heavy (non-hydrogen) atoms. The van der Waals surface area contributed by atoms with Crippen molar-refractivity contribution in [3.05, 3.63) is 0 Å². The van der Waals surface area contributed by atoms with Gasteiger partial charge in [-0.1, -0.05) is 0 Å². The van der Waals surface area contributed by atoms with Crippen LogP contribution in [0.5, 0.6) is 0 Å². The summed E-state index contributed by atoms with van der Waals surface area (Å²) in [4.78, 5) is 12.9. The molecule has 0 radical (unpaired) electrons. The summed E-state index contributed by atoms with van der Waals surface area (Å²) in [5.41, 5.74) is 0. The van der Waals surface area contributed by atoms with E-state index in [1.165, 1.54) is 12.8 Å². The van der Waals surface area contributed by atoms with Gasteiger partial charge in [-0.25, -0.2) is 0 Å². The maximum absolute atomic E-state index is 11.0. The fourth-order valence-corrected chi connectivity index (χ4v) is 2.31. The molecule has 0 aromatic carbocycles. The van der Waals surface area contributed by atoms with Gasteiger partial charge < -0.3 is 10.2 Å². The Morgan fingerprint density at radius 1 is 1.38 bits per heavy atom. The molecular weight excluding hydrogens is 164 g/mol. The van der Waals surface area contributed by atoms with E-state index < -0.39 is 0 Å². The summed E-state index contributed by atoms with van der Waals surface area (Å²) in [5.74, 6) is 1.83. The fraction of sp³-hybridized carbons (Fsp3) is 0.900. The maximum Gasteiger partial charge on any atom is 0.219 e. The Morgan fingerprint density at radius 3 is 2.38 bits per heavy atom. The highest BCUT2D eigenvalue weighted by atomic mass is 16.2. The zero-order valence-corrected chi connectivity index (χ0v) is 8.42. The van der Waals surface area contributed by atoms with Crippen molar-refractivity contribution in [1.29, 1.82) is 0 Å². The predicted molar refractivity (Wildman–Crippen MR) is 51.3 cm³/mol. The van der Waals surface area contributed by atoms with E-state index in [1.807, 2.05) is 11.9 Å². The average molecular weight is 182 g/mol. The van der Waals surface area contributed by atoms with Crippen molar-refractivity contribution in [2.24, 2.45) is 11.8 Å². The van der Waals surface area contributed by atoms with Gasteiger partial charge in [0, 0.05) is 32.0 Å². The number of carbonyl (C=O) groups is 1. The van der Waals surface area contributed by atoms with Crippen LogP contribution in [-0.4, -0.2) is 37.0 Å². The topological polar surface area (TPSA) is 32.3 Å². The number of rotatable bonds is 3. The van der Waals surface area contributed by atoms with Crippen molar-refractivity contribution in [3.63, 3.8) is 0 Å². The predicted octanol–water partition coefficient (Wildman–Crippen LogP) is 0.463. The fourth-order valence-electron chi connectivity index (χ4n) is 2.31. The zero-order chi connectivity index (χ0) is 9.42. The van der Waals surface area contributed by atoms with E-state index in [4.69, 9.17) is 0 Å². The first-order valence-corrected chi connectivity index (χ1v) is 5.15. The lowest BCUT2D eigenvalue weighted by molar-refractivity contribution is -0.135. The number of carbonyl (C=O) groups excluding carboxylic acids is 1. The average Bonchev–Trinajstić information content (AvgIpc) is 2.76. The molecule has 1 atom stereocenters. The normalized spacial score (nSPS) is 25.5. The van der Waals surface area contributed by atoms with Gasteiger partial charge in [0.25, 0.3) is 0 Å². The molecule has 1 N–H and O–H groups in total. The molecule has 0 bridgehead atoms. The number of amides is 1. The lowest BCUT2D eigenvalue weighted by atomic mass is 9.88. The molecule has 74 valence electrons. The minimum atomic E-state index is 0.224. The van der Waals surface area contributed by atoms with E-state index in [-0.39, 0.29) is 5.91 Å². The third-order valence-corrected chi connectivity index (χ3v) is 3.33. The van der Waals surface area contributed by atoms with Crippen LogP contribution in [-0.2, 0) is 4.79 Å². The second-order valence-corrected chi connectivity index (χ2v) is 4.34. The van der Waals surface area contributed by atoms with Crippen molar-refractivity contribution in [1.82, 2.24) is 10.2 Å². The van der Waals surface area contributed by atoms with E-state index in [1.54, 1.807) is 6.92 Å². The Morgan fingerprint density at radius 2 is 2.00 bits per heavy atom. The molecule has 1 aliphatic carbocycles. The summed E-state index contributed by atoms with van der Waals surface area (Å²) in [5, 5.41) is 3.39. The Hall–Kier alpha value is -0.570. The van der Waals surface area contributed by atoms with Crippen molar-refractivity contribution < 1.29 is 4.79 Å². The molecule has 1 saturated heterocycles. The summed E-state index contributed by atoms with van der Waals surface area (Å²) in [7, 11) is 2.04. The number of likely N-dealkylation sites (tertiary alicyclic amines) is 1. The van der Waals surface area contributed by atoms with Crippen LogP contribution in [0.3, 0.4) is 0 Å². The van der Waals surface area contributed by atoms with Crippen LogP contribution < -0.4 is 5.32 Å². The first kappa shape index (κ1) is 9.00. The first-order chi connectivity index (χ1) is 6.22. The van der Waals surface area contributed by atoms with Gasteiger partial charge >= 0.3 is 0 Å². The second-order valence-electron chi connectivity index (χ2n) is 4.34. The second kappa shape index (κ2) is 3.29. The van der Waals surface area contributed by atoms with E-state index in [0.717, 1.165) is 19.0 Å². The molecule has 2 rings (SSSR count). The summed E-state index contributed by atoms with van der Waals surface area (Å²) >= 11 is 0. The summed E-state index contributed by atoms with van der Waals surface area (Å²) in [6.45, 7) is 3.59. The Labute approximate surface area is 79.5 Å². The summed E-state index contributed by atoms with van der Waals surface area (Å²) in [6.07, 6.45) is 2.75. The van der Waals surface area contributed by atoms with E-state index in [9.17, 15) is 4.79 Å². The maximum atomic E-state index is 11.0. The van der Waals surface area contributed by atoms with E-state index in [2.05, 4.69) is 5.32 Å². The third-order valence-electron chi connectivity index (χ3n) is 3.33. The van der Waals surface area contributed by atoms with E-state index in [0.29, 0.717) is 12.0 Å². The first-order valence-electron chi connectivity index (χ1n) is 5.15. The van der Waals surface area contributed by atoms with E-state index >= 15 is 0 Å². The highest BCUT2D eigenvalue weighted by Gasteiger charge is 2.41. The number of hydrogen-bond donors (Lipinski definition) is 1. The van der Waals surface area contributed by atoms with Gasteiger partial charge in [0.1, 0.15) is 0 Å². The minimum absolute atomic E-state index is 0.224. The number of nitrogens with one attached hydrogen (secondary N) is 1. The number of nitrogens with zero attached hydrogens (tertiary/aromatic N) is 1. The summed E-state index contributed by atoms with van der Waals surface area (Å²) < 4.78 is 0. The standard InChI is InChI=1S/C10H18N2O/c1-7(13)12-5-9(6-12)10(11-2)8-3-4-8/h8-11H,3-6H2,1-2H3. The highest BCUT2D eigenvalue weighted by Crippen LogP contribution is 2.38. The van der Waals surface area contributed by atoms with Gasteiger partial charge in [-0.15, -0.1) is 0 Å². The minimum Gasteiger partial charge on any atom is -0.342 e. The number of hydrogen-bond acceptors (Lipinski definition) is 2. The van der Waals surface area contributed by atoms with Gasteiger partial charge in [0.15, 0.2) is 0 Å². The molecule has 0 aromatic heterocycles. The lowest BCUT2D eigenvalue weighted by Gasteiger charge is -2.43. The van der Waals surface area contributed by atoms with Crippen LogP contribution >= 0.6 is 0 Å². The molecule has 0 aromatic rings. The molecule has 2 fully saturated rings. The Kier molecular flexibility index (Phi) is 2.28. The van der Waals surface area contributed by atoms with Crippen LogP contribution in [0, 0.1) is 11.8 Å². The molecule has 1 saturated carbocycles. The SMILES string of the molecule is CNC(C1CC1)C1CN(C(C)=O)C1. The molecule has 3 heteroatoms. The quantitative estimate of drug-likeness (QED) is 0.688. The molecule has 1 aliphatic heterocycles. The van der Waals surface area contributed by atoms with Crippen LogP contribution in [0.1, 0.15) is 19.8 Å². The molecule has 3 nitrogen and oxygen atoms in total. The van der Waals surface area contributed by atoms with Crippen molar-refractivity contribution in [2.75, 3.05) is 20.1 Å². The molecule has 2 aliphatic rings. The van der Waals surface area contributed by atoms with Crippen LogP contribution in [0.2, 0.25) is 0 Å². The van der Waals surface area contributed by atoms with Crippen LogP contribution in [0.4, 0.5) is 0 Å². The van der Waals surface area contributed by atoms with Crippen molar-refractivity contribution in [2.45, 2.75) is 25.8 Å². The van der Waals surface area contributed by atoms with Gasteiger partial charge in [-0.05, 0) is 25.8 Å². The third kappa shape index (κ3) is 1.70. The van der Waals surface area contributed by atoms with Crippen LogP contribution in [0.25, 0.3) is 0 Å². The monoisotopic (exact) mass is 182 g/mol. The van der Waals surface area contributed by atoms with Crippen LogP contribution in [0.15, 0.2) is 0 Å². The van der Waals surface area contributed by atoms with Crippen molar-refractivity contribution in [3.8, 4) is 0 Å². The largest absolute Gasteiger partial charge is 0.342 e. The molecule has 0 spiro atoms. The van der Waals surface area contributed by atoms with Gasteiger partial charge in [0.05, 0.1) is 0 Å². The zero-order valence-electron chi connectivity index (χ0n) is 8.42. The molecule has 1 unspecified atom stereocenters. The summed E-state index contributed by atoms with van der Waals surface area (Å²) in [6, 6.07) is 0.663. The Bertz CT molecular complexity index is 207. The highest BCUT2D eigenvalue weighted by molar-refractivity contribution is 5.74. The molecule has 1 heterocycles. The molecular formula is C10H18N2O. The smallest absolute Gasteiger partial charge is 0.219 e. The molecule has 1 amide bonds. The Balaban J connectivity index is 1.80.